The van der Waals surface area contributed by atoms with Gasteiger partial charge in [-0.2, -0.15) is 5.10 Å². The Hall–Kier alpha value is -0.450. The molecule has 1 rings (SSSR count). The first-order valence-corrected chi connectivity index (χ1v) is 3.30. The molecule has 0 N–H and O–H groups in total. The quantitative estimate of drug-likeness (QED) is 0.692. The Morgan fingerprint density at radius 3 is 2.50 bits per heavy atom. The normalized spacial score (nSPS) is 10.9. The predicted octanol–water partition coefficient (Wildman–Crippen LogP) is 1.92. The van der Waals surface area contributed by atoms with Crippen molar-refractivity contribution in [2.24, 2.45) is 7.05 Å². The van der Waals surface area contributed by atoms with Gasteiger partial charge in [-0.15, -0.1) is 0 Å². The van der Waals surface area contributed by atoms with Crippen LogP contribution in [0.4, 0.5) is 8.78 Å². The highest BCUT2D eigenvalue weighted by Crippen LogP contribution is 2.25. The van der Waals surface area contributed by atoms with Crippen LogP contribution < -0.4 is 0 Å². The van der Waals surface area contributed by atoms with E-state index in [1.807, 2.05) is 0 Å². The number of alkyl halides is 2. The van der Waals surface area contributed by atoms with Crippen LogP contribution in [0.1, 0.15) is 12.1 Å². The van der Waals surface area contributed by atoms with Crippen molar-refractivity contribution < 1.29 is 8.78 Å². The average molecular weight is 210 g/mol. The smallest absolute Gasteiger partial charge is 0.265 e. The standard InChI is InChI=1S/C5H4BrF2N2/c1-10-4(5(7)8)3(6)2-9-10/h5H,1H3. The first kappa shape index (κ1) is 7.65. The average Bonchev–Trinajstić information content (AvgIpc) is 2.11. The van der Waals surface area contributed by atoms with Crippen molar-refractivity contribution in [3.05, 3.63) is 16.4 Å². The van der Waals surface area contributed by atoms with Crippen LogP contribution in [-0.4, -0.2) is 9.78 Å². The van der Waals surface area contributed by atoms with Gasteiger partial charge in [-0.05, 0) is 15.9 Å². The molecule has 0 saturated heterocycles. The molecular formula is C5H4BrF2N2. The summed E-state index contributed by atoms with van der Waals surface area (Å²) in [6, 6.07) is 0. The minimum Gasteiger partial charge on any atom is -0.265 e. The molecule has 0 aliphatic rings. The summed E-state index contributed by atoms with van der Waals surface area (Å²) in [5, 5.41) is 3.50. The molecule has 5 heteroatoms. The van der Waals surface area contributed by atoms with E-state index >= 15 is 0 Å². The topological polar surface area (TPSA) is 17.8 Å². The van der Waals surface area contributed by atoms with Crippen molar-refractivity contribution in [3.8, 4) is 0 Å². The van der Waals surface area contributed by atoms with Gasteiger partial charge in [-0.3, -0.25) is 4.68 Å². The number of aryl methyl sites for hydroxylation is 1. The molecule has 0 aromatic carbocycles. The summed E-state index contributed by atoms with van der Waals surface area (Å²) in [4.78, 5) is 0. The number of hydrogen-bond acceptors (Lipinski definition) is 1. The second-order valence-electron chi connectivity index (χ2n) is 1.74. The molecule has 55 valence electrons. The van der Waals surface area contributed by atoms with Crippen molar-refractivity contribution >= 4 is 15.9 Å². The van der Waals surface area contributed by atoms with Crippen molar-refractivity contribution in [1.82, 2.24) is 9.78 Å². The van der Waals surface area contributed by atoms with Gasteiger partial charge in [0, 0.05) is 7.05 Å². The van der Waals surface area contributed by atoms with E-state index in [2.05, 4.69) is 27.2 Å². The van der Waals surface area contributed by atoms with Crippen LogP contribution in [0.5, 0.6) is 0 Å². The molecule has 0 amide bonds. The molecule has 0 atom stereocenters. The molecule has 10 heavy (non-hydrogen) atoms. The Balaban J connectivity index is 3.10. The van der Waals surface area contributed by atoms with Crippen LogP contribution in [-0.2, 0) is 7.05 Å². The zero-order chi connectivity index (χ0) is 7.72. The highest BCUT2D eigenvalue weighted by atomic mass is 79.9. The summed E-state index contributed by atoms with van der Waals surface area (Å²) in [7, 11) is 1.45. The zero-order valence-corrected chi connectivity index (χ0v) is 6.69. The second kappa shape index (κ2) is 2.65. The highest BCUT2D eigenvalue weighted by Gasteiger charge is 2.16. The third kappa shape index (κ3) is 1.18. The van der Waals surface area contributed by atoms with Gasteiger partial charge in [0.2, 0.25) is 0 Å². The molecule has 0 aliphatic heterocycles. The summed E-state index contributed by atoms with van der Waals surface area (Å²) in [5.74, 6) is 0. The number of halogens is 3. The highest BCUT2D eigenvalue weighted by molar-refractivity contribution is 9.10. The first-order valence-electron chi connectivity index (χ1n) is 2.51. The van der Waals surface area contributed by atoms with Gasteiger partial charge in [0.1, 0.15) is 11.9 Å². The van der Waals surface area contributed by atoms with Crippen molar-refractivity contribution in [2.75, 3.05) is 0 Å². The van der Waals surface area contributed by atoms with E-state index in [0.717, 1.165) is 4.68 Å². The van der Waals surface area contributed by atoms with Gasteiger partial charge >= 0.3 is 0 Å². The predicted molar refractivity (Wildman–Crippen MR) is 34.7 cm³/mol. The summed E-state index contributed by atoms with van der Waals surface area (Å²) >= 11 is 2.90. The summed E-state index contributed by atoms with van der Waals surface area (Å²) in [6.45, 7) is 0. The van der Waals surface area contributed by atoms with Gasteiger partial charge < -0.3 is 0 Å². The van der Waals surface area contributed by atoms with Crippen molar-refractivity contribution in [2.45, 2.75) is 6.43 Å². The fourth-order valence-electron chi connectivity index (χ4n) is 0.609. The molecule has 2 nitrogen and oxygen atoms in total. The van der Waals surface area contributed by atoms with E-state index in [-0.39, 0.29) is 10.2 Å². The van der Waals surface area contributed by atoms with Crippen LogP contribution in [0.3, 0.4) is 0 Å². The number of nitrogens with zero attached hydrogens (tertiary/aromatic N) is 2. The van der Waals surface area contributed by atoms with Gasteiger partial charge in [0.05, 0.1) is 4.47 Å². The molecule has 0 bridgehead atoms. The van der Waals surface area contributed by atoms with E-state index in [9.17, 15) is 8.78 Å². The second-order valence-corrected chi connectivity index (χ2v) is 2.53. The lowest BCUT2D eigenvalue weighted by Gasteiger charge is -1.98. The molecule has 1 aromatic heterocycles. The fourth-order valence-corrected chi connectivity index (χ4v) is 1.12. The summed E-state index contributed by atoms with van der Waals surface area (Å²) in [5.41, 5.74) is -0.139. The Kier molecular flexibility index (Phi) is 2.03. The van der Waals surface area contributed by atoms with Crippen LogP contribution >= 0.6 is 15.9 Å². The van der Waals surface area contributed by atoms with Gasteiger partial charge in [0.15, 0.2) is 0 Å². The van der Waals surface area contributed by atoms with E-state index < -0.39 is 6.43 Å². The molecule has 0 saturated carbocycles. The Bertz CT molecular complexity index is 214. The molecule has 0 spiro atoms. The van der Waals surface area contributed by atoms with Crippen LogP contribution in [0, 0.1) is 6.20 Å². The molecule has 1 heterocycles. The van der Waals surface area contributed by atoms with Crippen molar-refractivity contribution in [1.29, 1.82) is 0 Å². The monoisotopic (exact) mass is 209 g/mol. The summed E-state index contributed by atoms with van der Waals surface area (Å²) in [6.07, 6.45) is -0.134. The van der Waals surface area contributed by atoms with E-state index in [1.54, 1.807) is 0 Å². The lowest BCUT2D eigenvalue weighted by Crippen LogP contribution is -1.98. The Labute approximate surface area is 65.0 Å². The maximum absolute atomic E-state index is 12.0. The molecule has 1 aromatic rings. The number of rotatable bonds is 1. The van der Waals surface area contributed by atoms with Gasteiger partial charge in [-0.1, -0.05) is 0 Å². The van der Waals surface area contributed by atoms with Crippen LogP contribution in [0.15, 0.2) is 4.47 Å². The Morgan fingerprint density at radius 2 is 2.30 bits per heavy atom. The maximum atomic E-state index is 12.0. The lowest BCUT2D eigenvalue weighted by molar-refractivity contribution is 0.140. The first-order chi connectivity index (χ1) is 4.63. The molecule has 0 aliphatic carbocycles. The van der Waals surface area contributed by atoms with Gasteiger partial charge in [-0.25, -0.2) is 8.78 Å². The molecule has 0 fully saturated rings. The SMILES string of the molecule is Cn1n[c]c(Br)c1C(F)F. The number of hydrogen-bond donors (Lipinski definition) is 0. The molecular weight excluding hydrogens is 206 g/mol. The van der Waals surface area contributed by atoms with E-state index in [0.29, 0.717) is 0 Å². The maximum Gasteiger partial charge on any atom is 0.281 e. The van der Waals surface area contributed by atoms with Crippen LogP contribution in [0.25, 0.3) is 0 Å². The minimum absolute atomic E-state index is 0.139. The van der Waals surface area contributed by atoms with Crippen LogP contribution in [0.2, 0.25) is 0 Å². The van der Waals surface area contributed by atoms with Gasteiger partial charge in [0.25, 0.3) is 6.43 Å². The molecule has 1 radical (unpaired) electrons. The third-order valence-electron chi connectivity index (χ3n) is 1.08. The largest absolute Gasteiger partial charge is 0.281 e. The fraction of sp³-hybridized carbons (Fsp3) is 0.400. The lowest BCUT2D eigenvalue weighted by atomic mass is 10.4. The van der Waals surface area contributed by atoms with E-state index in [4.69, 9.17) is 0 Å². The summed E-state index contributed by atoms with van der Waals surface area (Å²) < 4.78 is 25.3. The zero-order valence-electron chi connectivity index (χ0n) is 5.11. The number of aromatic nitrogens is 2. The van der Waals surface area contributed by atoms with Crippen molar-refractivity contribution in [3.63, 3.8) is 0 Å². The molecule has 0 unspecified atom stereocenters. The third-order valence-corrected chi connectivity index (χ3v) is 1.66. The Morgan fingerprint density at radius 1 is 1.70 bits per heavy atom. The minimum atomic E-state index is -2.50. The van der Waals surface area contributed by atoms with E-state index in [1.165, 1.54) is 7.05 Å².